The van der Waals surface area contributed by atoms with Crippen molar-refractivity contribution in [1.82, 2.24) is 0 Å². The van der Waals surface area contributed by atoms with Gasteiger partial charge in [-0.25, -0.2) is 0 Å². The second-order valence-electron chi connectivity index (χ2n) is 6.38. The summed E-state index contributed by atoms with van der Waals surface area (Å²) in [4.78, 5) is 0. The first kappa shape index (κ1) is 77.0. The van der Waals surface area contributed by atoms with Crippen LogP contribution in [0.5, 0.6) is 0 Å². The first-order chi connectivity index (χ1) is 17.7. The monoisotopic (exact) mass is 565 g/mol. The summed E-state index contributed by atoms with van der Waals surface area (Å²) in [5.41, 5.74) is 0. The fraction of sp³-hybridized carbons (Fsp3) is 0.846. The van der Waals surface area contributed by atoms with Gasteiger partial charge in [-0.3, -0.25) is 0 Å². The van der Waals surface area contributed by atoms with Crippen LogP contribution < -0.4 is 0 Å². The van der Waals surface area contributed by atoms with E-state index in [9.17, 15) is 0 Å². The van der Waals surface area contributed by atoms with Gasteiger partial charge in [0.2, 0.25) is 0 Å². The summed E-state index contributed by atoms with van der Waals surface area (Å²) in [7, 11) is 0. The summed E-state index contributed by atoms with van der Waals surface area (Å²) in [6, 6.07) is 0. The van der Waals surface area contributed by atoms with Crippen LogP contribution in [0.3, 0.4) is 0 Å². The van der Waals surface area contributed by atoms with E-state index < -0.39 is 0 Å². The van der Waals surface area contributed by atoms with Gasteiger partial charge in [-0.15, -0.1) is 0 Å². The van der Waals surface area contributed by atoms with Crippen molar-refractivity contribution in [3.8, 4) is 0 Å². The van der Waals surface area contributed by atoms with Gasteiger partial charge in [0.25, 0.3) is 0 Å². The van der Waals surface area contributed by atoms with Gasteiger partial charge in [0.05, 0.1) is 0 Å². The Morgan fingerprint density at radius 1 is 0.333 bits per heavy atom. The van der Waals surface area contributed by atoms with Crippen LogP contribution in [0.15, 0.2) is 36.5 Å². The van der Waals surface area contributed by atoms with Crippen LogP contribution in [0, 0.1) is 0 Å². The largest absolute Gasteiger partial charge is 0.0885 e. The van der Waals surface area contributed by atoms with Crippen molar-refractivity contribution in [2.45, 2.75) is 224 Å². The number of hydrogen-bond donors (Lipinski definition) is 0. The van der Waals surface area contributed by atoms with Crippen molar-refractivity contribution in [3.05, 3.63) is 36.5 Å². The third-order valence-corrected chi connectivity index (χ3v) is 2.81. The van der Waals surface area contributed by atoms with Crippen LogP contribution in [0.4, 0.5) is 0 Å². The van der Waals surface area contributed by atoms with E-state index in [-0.39, 0.29) is 22.3 Å². The predicted octanol–water partition coefficient (Wildman–Crippen LogP) is 17.5. The van der Waals surface area contributed by atoms with E-state index in [0.717, 1.165) is 6.42 Å². The SMILES string of the molecule is C.C.C.C1=CCC=C1.C1=CCCC1.C1CCCC1.CC.CC.CC.CC.CC.CC.CCC.CCC.CCC. The normalized spacial score (nSPS) is 10.3. The fourth-order valence-corrected chi connectivity index (χ4v) is 1.87. The average Bonchev–Trinajstić information content (AvgIpc) is 3.80. The van der Waals surface area contributed by atoms with E-state index in [1.807, 2.05) is 83.1 Å². The van der Waals surface area contributed by atoms with Crippen molar-refractivity contribution >= 4 is 0 Å². The van der Waals surface area contributed by atoms with Gasteiger partial charge in [-0.1, -0.05) is 235 Å². The molecule has 0 aromatic carbocycles. The Kier molecular flexibility index (Phi) is 325. The molecule has 0 heteroatoms. The number of hydrogen-bond acceptors (Lipinski definition) is 0. The van der Waals surface area contributed by atoms with Gasteiger partial charge >= 0.3 is 0 Å². The lowest BCUT2D eigenvalue weighted by Gasteiger charge is -1.69. The molecule has 0 amide bonds. The Labute approximate surface area is 260 Å². The molecule has 0 aromatic rings. The zero-order chi connectivity index (χ0) is 30.7. The van der Waals surface area contributed by atoms with Crippen molar-refractivity contribution in [2.24, 2.45) is 0 Å². The molecule has 0 radical (unpaired) electrons. The lowest BCUT2D eigenvalue weighted by Crippen LogP contribution is -1.50. The topological polar surface area (TPSA) is 0 Å². The molecular weight excluding hydrogens is 468 g/mol. The minimum absolute atomic E-state index is 0. The lowest BCUT2D eigenvalue weighted by atomic mass is 10.4. The highest BCUT2D eigenvalue weighted by Crippen LogP contribution is 2.15. The molecular formula is C39H96. The molecule has 0 unspecified atom stereocenters. The molecule has 0 heterocycles. The molecule has 39 heavy (non-hydrogen) atoms. The average molecular weight is 565 g/mol. The molecule has 3 aliphatic rings. The Morgan fingerprint density at radius 2 is 0.513 bits per heavy atom. The highest BCUT2D eigenvalue weighted by atomic mass is 14.0. The second kappa shape index (κ2) is 165. The summed E-state index contributed by atoms with van der Waals surface area (Å²) in [6.07, 6.45) is 29.2. The molecule has 1 saturated carbocycles. The van der Waals surface area contributed by atoms with Crippen molar-refractivity contribution in [1.29, 1.82) is 0 Å². The Hall–Kier alpha value is -0.780. The molecule has 1 fully saturated rings. The van der Waals surface area contributed by atoms with E-state index >= 15 is 0 Å². The van der Waals surface area contributed by atoms with Crippen LogP contribution in [-0.4, -0.2) is 0 Å². The molecule has 0 saturated heterocycles. The van der Waals surface area contributed by atoms with E-state index in [1.54, 1.807) is 0 Å². The van der Waals surface area contributed by atoms with E-state index in [2.05, 4.69) is 78.0 Å². The predicted molar refractivity (Wildman–Crippen MR) is 205 cm³/mol. The van der Waals surface area contributed by atoms with Crippen LogP contribution in [0.1, 0.15) is 224 Å². The summed E-state index contributed by atoms with van der Waals surface area (Å²) in [6.45, 7) is 36.8. The molecule has 0 atom stereocenters. The van der Waals surface area contributed by atoms with Gasteiger partial charge in [-0.2, -0.15) is 0 Å². The fourth-order valence-electron chi connectivity index (χ4n) is 1.87. The first-order valence-corrected chi connectivity index (χ1v) is 16.7. The third-order valence-electron chi connectivity index (χ3n) is 2.81. The smallest absolute Gasteiger partial charge is 0.0163 e. The molecule has 0 N–H and O–H groups in total. The lowest BCUT2D eigenvalue weighted by molar-refractivity contribution is 0.886. The van der Waals surface area contributed by atoms with Gasteiger partial charge in [-0.05, 0) is 25.7 Å². The van der Waals surface area contributed by atoms with Crippen LogP contribution in [0.25, 0.3) is 0 Å². The maximum Gasteiger partial charge on any atom is -0.0163 e. The molecule has 3 aliphatic carbocycles. The standard InChI is InChI=1S/C5H10.C5H8.C5H6.3C3H8.6C2H6.3CH4/c3*1-2-4-5-3-1;3*1-3-2;6*1-2;;;/h1-5H2;1-2H,3-5H2;1-4H,5H2;3*3H2,1-2H3;6*1-2H3;3*1H4. The van der Waals surface area contributed by atoms with Crippen LogP contribution >= 0.6 is 0 Å². The minimum Gasteiger partial charge on any atom is -0.0885 e. The molecule has 0 nitrogen and oxygen atoms in total. The van der Waals surface area contributed by atoms with Crippen molar-refractivity contribution in [2.75, 3.05) is 0 Å². The molecule has 0 aromatic heterocycles. The maximum absolute atomic E-state index is 2.24. The molecule has 252 valence electrons. The molecule has 0 aliphatic heterocycles. The van der Waals surface area contributed by atoms with Crippen molar-refractivity contribution < 1.29 is 0 Å². The van der Waals surface area contributed by atoms with Crippen LogP contribution in [-0.2, 0) is 0 Å². The Morgan fingerprint density at radius 3 is 0.590 bits per heavy atom. The van der Waals surface area contributed by atoms with E-state index in [0.29, 0.717) is 0 Å². The highest BCUT2D eigenvalue weighted by molar-refractivity contribution is 5.12. The second-order valence-corrected chi connectivity index (χ2v) is 6.38. The van der Waals surface area contributed by atoms with E-state index in [4.69, 9.17) is 0 Å². The van der Waals surface area contributed by atoms with Crippen LogP contribution in [0.2, 0.25) is 0 Å². The third kappa shape index (κ3) is 228. The quantitative estimate of drug-likeness (QED) is 0.257. The molecule has 3 rings (SSSR count). The van der Waals surface area contributed by atoms with E-state index in [1.165, 1.54) is 70.6 Å². The minimum atomic E-state index is 0. The summed E-state index contributed by atoms with van der Waals surface area (Å²) < 4.78 is 0. The van der Waals surface area contributed by atoms with Crippen molar-refractivity contribution in [3.63, 3.8) is 0 Å². The van der Waals surface area contributed by atoms with Gasteiger partial charge in [0.15, 0.2) is 0 Å². The highest BCUT2D eigenvalue weighted by Gasteiger charge is 1.95. The zero-order valence-electron chi connectivity index (χ0n) is 29.9. The molecule has 0 spiro atoms. The first-order valence-electron chi connectivity index (χ1n) is 16.7. The Balaban J connectivity index is -0.0000000208. The Bertz CT molecular complexity index is 212. The molecule has 0 bridgehead atoms. The summed E-state index contributed by atoms with van der Waals surface area (Å²) >= 11 is 0. The number of rotatable bonds is 0. The maximum atomic E-state index is 2.24. The van der Waals surface area contributed by atoms with Gasteiger partial charge in [0.1, 0.15) is 0 Å². The van der Waals surface area contributed by atoms with Gasteiger partial charge in [0, 0.05) is 0 Å². The van der Waals surface area contributed by atoms with Gasteiger partial charge < -0.3 is 0 Å². The number of allylic oxidation sites excluding steroid dienone is 6. The summed E-state index contributed by atoms with van der Waals surface area (Å²) in [5, 5.41) is 0. The zero-order valence-corrected chi connectivity index (χ0v) is 29.9. The summed E-state index contributed by atoms with van der Waals surface area (Å²) in [5.74, 6) is 0.